The van der Waals surface area contributed by atoms with Gasteiger partial charge in [-0.25, -0.2) is 4.98 Å². The molecule has 2 aromatic heterocycles. The van der Waals surface area contributed by atoms with Crippen molar-refractivity contribution < 1.29 is 4.79 Å². The Bertz CT molecular complexity index is 851. The van der Waals surface area contributed by atoms with E-state index in [0.29, 0.717) is 5.02 Å². The van der Waals surface area contributed by atoms with Crippen molar-refractivity contribution in [2.75, 3.05) is 24.5 Å². The van der Waals surface area contributed by atoms with Gasteiger partial charge in [-0.2, -0.15) is 0 Å². The van der Waals surface area contributed by atoms with Crippen molar-refractivity contribution in [1.82, 2.24) is 14.9 Å². The molecule has 2 aliphatic heterocycles. The first kappa shape index (κ1) is 17.9. The van der Waals surface area contributed by atoms with Crippen molar-refractivity contribution in [3.05, 3.63) is 39.2 Å². The molecule has 0 radical (unpaired) electrons. The van der Waals surface area contributed by atoms with Crippen LogP contribution < -0.4 is 10.2 Å². The topological polar surface area (TPSA) is 50.2 Å². The number of nitrogens with one attached hydrogen (secondary N) is 1. The second-order valence-corrected chi connectivity index (χ2v) is 8.55. The normalized spacial score (nSPS) is 19.2. The molecule has 0 bridgehead atoms. The Morgan fingerprint density at radius 3 is 2.42 bits per heavy atom. The van der Waals surface area contributed by atoms with Crippen molar-refractivity contribution in [1.29, 1.82) is 0 Å². The fraction of sp³-hybridized carbons (Fsp3) is 0.474. The molecule has 1 amide bonds. The molecule has 138 valence electrons. The number of carbonyl (C=O) groups is 1. The lowest BCUT2D eigenvalue weighted by molar-refractivity contribution is -0.128. The number of anilines is 1. The summed E-state index contributed by atoms with van der Waals surface area (Å²) >= 11 is 10.5. The molecule has 0 aliphatic carbocycles. The molecule has 0 atom stereocenters. The van der Waals surface area contributed by atoms with E-state index in [0.717, 1.165) is 66.3 Å². The molecule has 4 rings (SSSR count). The Balaban J connectivity index is 1.68. The van der Waals surface area contributed by atoms with Crippen LogP contribution in [0.25, 0.3) is 5.82 Å². The second-order valence-electron chi connectivity index (χ2n) is 7.32. The number of piperidine rings is 1. The van der Waals surface area contributed by atoms with Crippen molar-refractivity contribution in [2.24, 2.45) is 5.41 Å². The van der Waals surface area contributed by atoms with Crippen LogP contribution in [0, 0.1) is 19.3 Å². The SMILES string of the molecule is Cc1ccc(C)n1-c1ncc(Br)c(N2CCC3(CCNC3=O)CC2)c1Cl. The lowest BCUT2D eigenvalue weighted by atomic mass is 9.77. The van der Waals surface area contributed by atoms with Crippen LogP contribution in [0.5, 0.6) is 0 Å². The lowest BCUT2D eigenvalue weighted by Gasteiger charge is -2.39. The van der Waals surface area contributed by atoms with Crippen molar-refractivity contribution in [2.45, 2.75) is 33.1 Å². The molecule has 0 unspecified atom stereocenters. The van der Waals surface area contributed by atoms with Crippen LogP contribution in [0.1, 0.15) is 30.7 Å². The Hall–Kier alpha value is -1.53. The summed E-state index contributed by atoms with van der Waals surface area (Å²) < 4.78 is 2.97. The molecule has 7 heteroatoms. The summed E-state index contributed by atoms with van der Waals surface area (Å²) in [5.41, 5.74) is 2.99. The minimum absolute atomic E-state index is 0.182. The molecule has 2 aliphatic rings. The van der Waals surface area contributed by atoms with Gasteiger partial charge in [-0.1, -0.05) is 11.6 Å². The van der Waals surface area contributed by atoms with Crippen molar-refractivity contribution in [3.8, 4) is 5.82 Å². The minimum Gasteiger partial charge on any atom is -0.369 e. The Kier molecular flexibility index (Phi) is 4.51. The van der Waals surface area contributed by atoms with E-state index in [4.69, 9.17) is 11.6 Å². The molecule has 1 N–H and O–H groups in total. The van der Waals surface area contributed by atoms with E-state index in [-0.39, 0.29) is 11.3 Å². The molecule has 2 aromatic rings. The first-order chi connectivity index (χ1) is 12.4. The quantitative estimate of drug-likeness (QED) is 0.772. The van der Waals surface area contributed by atoms with Crippen molar-refractivity contribution >= 4 is 39.1 Å². The van der Waals surface area contributed by atoms with Crippen LogP contribution in [0.15, 0.2) is 22.8 Å². The van der Waals surface area contributed by atoms with Crippen LogP contribution >= 0.6 is 27.5 Å². The van der Waals surface area contributed by atoms with Gasteiger partial charge in [0.2, 0.25) is 5.91 Å². The summed E-state index contributed by atoms with van der Waals surface area (Å²) in [6.07, 6.45) is 4.49. The van der Waals surface area contributed by atoms with Crippen LogP contribution in [-0.2, 0) is 4.79 Å². The molecule has 0 aromatic carbocycles. The molecular weight excluding hydrogens is 416 g/mol. The van der Waals surface area contributed by atoms with Gasteiger partial charge in [0.15, 0.2) is 5.82 Å². The maximum atomic E-state index is 12.2. The number of nitrogens with zero attached hydrogens (tertiary/aromatic N) is 3. The summed E-state index contributed by atoms with van der Waals surface area (Å²) in [5, 5.41) is 3.64. The van der Waals surface area contributed by atoms with Gasteiger partial charge in [0.05, 0.1) is 15.6 Å². The zero-order valence-corrected chi connectivity index (χ0v) is 17.3. The Labute approximate surface area is 166 Å². The average molecular weight is 438 g/mol. The number of aromatic nitrogens is 2. The fourth-order valence-electron chi connectivity index (χ4n) is 4.25. The average Bonchev–Trinajstić information content (AvgIpc) is 3.13. The van der Waals surface area contributed by atoms with Gasteiger partial charge in [-0.05, 0) is 61.2 Å². The highest BCUT2D eigenvalue weighted by molar-refractivity contribution is 9.10. The maximum absolute atomic E-state index is 12.2. The lowest BCUT2D eigenvalue weighted by Crippen LogP contribution is -2.44. The highest BCUT2D eigenvalue weighted by atomic mass is 79.9. The minimum atomic E-state index is -0.182. The highest BCUT2D eigenvalue weighted by Crippen LogP contribution is 2.43. The molecule has 1 spiro atoms. The van der Waals surface area contributed by atoms with Crippen molar-refractivity contribution in [3.63, 3.8) is 0 Å². The van der Waals surface area contributed by atoms with Gasteiger partial charge < -0.3 is 14.8 Å². The summed E-state index contributed by atoms with van der Waals surface area (Å²) in [6.45, 7) is 6.54. The van der Waals surface area contributed by atoms with Crippen LogP contribution in [0.3, 0.4) is 0 Å². The van der Waals surface area contributed by atoms with E-state index in [2.05, 4.69) is 61.7 Å². The van der Waals surface area contributed by atoms with E-state index in [1.54, 1.807) is 0 Å². The van der Waals surface area contributed by atoms with E-state index in [1.165, 1.54) is 0 Å². The third-order valence-electron chi connectivity index (χ3n) is 5.82. The predicted molar refractivity (Wildman–Crippen MR) is 107 cm³/mol. The third-order valence-corrected chi connectivity index (χ3v) is 6.75. The van der Waals surface area contributed by atoms with Gasteiger partial charge in [0, 0.05) is 37.2 Å². The molecule has 5 nitrogen and oxygen atoms in total. The number of carbonyl (C=O) groups excluding carboxylic acids is 1. The van der Waals surface area contributed by atoms with Gasteiger partial charge in [-0.15, -0.1) is 0 Å². The number of halogens is 2. The van der Waals surface area contributed by atoms with Gasteiger partial charge in [0.1, 0.15) is 5.02 Å². The highest BCUT2D eigenvalue weighted by Gasteiger charge is 2.44. The predicted octanol–water partition coefficient (Wildman–Crippen LogP) is 4.01. The zero-order valence-electron chi connectivity index (χ0n) is 15.0. The van der Waals surface area contributed by atoms with Crippen LogP contribution in [0.4, 0.5) is 5.69 Å². The van der Waals surface area contributed by atoms with Gasteiger partial charge in [-0.3, -0.25) is 4.79 Å². The molecule has 2 saturated heterocycles. The number of pyridine rings is 1. The van der Waals surface area contributed by atoms with E-state index in [1.807, 2.05) is 6.20 Å². The van der Waals surface area contributed by atoms with Gasteiger partial charge >= 0.3 is 0 Å². The monoisotopic (exact) mass is 436 g/mol. The Morgan fingerprint density at radius 1 is 1.19 bits per heavy atom. The van der Waals surface area contributed by atoms with Gasteiger partial charge in [0.25, 0.3) is 0 Å². The fourth-order valence-corrected chi connectivity index (χ4v) is 5.27. The number of amides is 1. The second kappa shape index (κ2) is 6.57. The third kappa shape index (κ3) is 2.74. The summed E-state index contributed by atoms with van der Waals surface area (Å²) in [4.78, 5) is 19.1. The first-order valence-corrected chi connectivity index (χ1v) is 10.1. The van der Waals surface area contributed by atoms with Crippen LogP contribution in [0.2, 0.25) is 5.02 Å². The van der Waals surface area contributed by atoms with E-state index >= 15 is 0 Å². The first-order valence-electron chi connectivity index (χ1n) is 8.95. The molecule has 2 fully saturated rings. The molecule has 26 heavy (non-hydrogen) atoms. The Morgan fingerprint density at radius 2 is 1.85 bits per heavy atom. The van der Waals surface area contributed by atoms with E-state index < -0.39 is 0 Å². The summed E-state index contributed by atoms with van der Waals surface area (Å²) in [7, 11) is 0. The summed E-state index contributed by atoms with van der Waals surface area (Å²) in [6, 6.07) is 4.14. The maximum Gasteiger partial charge on any atom is 0.226 e. The number of hydrogen-bond acceptors (Lipinski definition) is 3. The standard InChI is InChI=1S/C19H22BrClN4O/c1-12-3-4-13(2)25(12)17-15(21)16(14(20)11-23-17)24-9-6-19(7-10-24)5-8-22-18(19)26/h3-4,11H,5-10H2,1-2H3,(H,22,26). The summed E-state index contributed by atoms with van der Waals surface area (Å²) in [5.74, 6) is 0.972. The largest absolute Gasteiger partial charge is 0.369 e. The number of rotatable bonds is 2. The smallest absolute Gasteiger partial charge is 0.226 e. The van der Waals surface area contributed by atoms with E-state index in [9.17, 15) is 4.79 Å². The molecule has 4 heterocycles. The van der Waals surface area contributed by atoms with Crippen LogP contribution in [-0.4, -0.2) is 35.1 Å². The molecular formula is C19H22BrClN4O. The zero-order chi connectivity index (χ0) is 18.5. The molecule has 0 saturated carbocycles. The number of hydrogen-bond donors (Lipinski definition) is 1. The number of aryl methyl sites for hydroxylation is 2.